The van der Waals surface area contributed by atoms with Gasteiger partial charge in [0, 0.05) is 0 Å². The second-order valence-corrected chi connectivity index (χ2v) is 4.99. The predicted molar refractivity (Wildman–Crippen MR) is 70.8 cm³/mol. The molecule has 0 saturated heterocycles. The van der Waals surface area contributed by atoms with Gasteiger partial charge in [-0.15, -0.1) is 11.3 Å². The zero-order valence-corrected chi connectivity index (χ0v) is 11.0. The van der Waals surface area contributed by atoms with E-state index >= 15 is 0 Å². The lowest BCUT2D eigenvalue weighted by molar-refractivity contribution is 0.218. The van der Waals surface area contributed by atoms with Crippen molar-refractivity contribution in [1.82, 2.24) is 0 Å². The van der Waals surface area contributed by atoms with Crippen LogP contribution in [-0.2, 0) is 0 Å². The lowest BCUT2D eigenvalue weighted by atomic mass is 9.98. The summed E-state index contributed by atoms with van der Waals surface area (Å²) in [5.74, 6) is 0.753. The van der Waals surface area contributed by atoms with Crippen LogP contribution >= 0.6 is 11.3 Å². The first-order chi connectivity index (χ1) is 8.15. The summed E-state index contributed by atoms with van der Waals surface area (Å²) in [5.41, 5.74) is 3.28. The molecule has 1 heterocycles. The van der Waals surface area contributed by atoms with E-state index in [0.29, 0.717) is 0 Å². The Morgan fingerprint density at radius 1 is 1.24 bits per heavy atom. The summed E-state index contributed by atoms with van der Waals surface area (Å²) in [6.07, 6.45) is -0.607. The summed E-state index contributed by atoms with van der Waals surface area (Å²) >= 11 is 1.52. The Morgan fingerprint density at radius 3 is 2.71 bits per heavy atom. The van der Waals surface area contributed by atoms with E-state index in [2.05, 4.69) is 13.0 Å². The molecule has 1 N–H and O–H groups in total. The SMILES string of the molecule is COc1ccsc1C(O)c1cccc(C)c1C. The second-order valence-electron chi connectivity index (χ2n) is 4.04. The van der Waals surface area contributed by atoms with Crippen LogP contribution in [0.15, 0.2) is 29.6 Å². The van der Waals surface area contributed by atoms with Gasteiger partial charge in [-0.25, -0.2) is 0 Å². The molecular formula is C14H16O2S. The van der Waals surface area contributed by atoms with Crippen molar-refractivity contribution in [1.29, 1.82) is 0 Å². The molecule has 1 unspecified atom stereocenters. The minimum absolute atomic E-state index is 0.607. The van der Waals surface area contributed by atoms with Gasteiger partial charge in [-0.3, -0.25) is 0 Å². The zero-order chi connectivity index (χ0) is 12.4. The smallest absolute Gasteiger partial charge is 0.135 e. The second kappa shape index (κ2) is 4.90. The molecule has 0 amide bonds. The average molecular weight is 248 g/mol. The van der Waals surface area contributed by atoms with Crippen LogP contribution in [0, 0.1) is 13.8 Å². The van der Waals surface area contributed by atoms with Gasteiger partial charge in [0.15, 0.2) is 0 Å². The Hall–Kier alpha value is -1.32. The molecule has 2 aromatic rings. The summed E-state index contributed by atoms with van der Waals surface area (Å²) in [4.78, 5) is 0.862. The van der Waals surface area contributed by atoms with Gasteiger partial charge in [0.05, 0.1) is 12.0 Å². The molecule has 3 heteroatoms. The Kier molecular flexibility index (Phi) is 3.50. The van der Waals surface area contributed by atoms with Gasteiger partial charge in [0.2, 0.25) is 0 Å². The molecule has 0 spiro atoms. The third-order valence-electron chi connectivity index (χ3n) is 3.07. The molecule has 1 aromatic heterocycles. The first-order valence-corrected chi connectivity index (χ1v) is 6.38. The molecule has 0 bridgehead atoms. The molecule has 2 rings (SSSR count). The van der Waals surface area contributed by atoms with Gasteiger partial charge in [0.25, 0.3) is 0 Å². The van der Waals surface area contributed by atoms with Crippen LogP contribution < -0.4 is 4.74 Å². The number of hydrogen-bond acceptors (Lipinski definition) is 3. The molecule has 17 heavy (non-hydrogen) atoms. The standard InChI is InChI=1S/C14H16O2S/c1-9-5-4-6-11(10(9)2)13(15)14-12(16-3)7-8-17-14/h4-8,13,15H,1-3H3. The van der Waals surface area contributed by atoms with Crippen LogP contribution in [-0.4, -0.2) is 12.2 Å². The van der Waals surface area contributed by atoms with Gasteiger partial charge < -0.3 is 9.84 Å². The molecule has 1 aromatic carbocycles. The van der Waals surface area contributed by atoms with Crippen LogP contribution in [0.3, 0.4) is 0 Å². The Labute approximate surface area is 105 Å². The maximum Gasteiger partial charge on any atom is 0.135 e. The quantitative estimate of drug-likeness (QED) is 0.901. The topological polar surface area (TPSA) is 29.5 Å². The number of aliphatic hydroxyl groups is 1. The van der Waals surface area contributed by atoms with Crippen molar-refractivity contribution in [3.05, 3.63) is 51.2 Å². The van der Waals surface area contributed by atoms with E-state index in [1.807, 2.05) is 30.5 Å². The number of hydrogen-bond donors (Lipinski definition) is 1. The Bertz CT molecular complexity index is 517. The van der Waals surface area contributed by atoms with Crippen LogP contribution in [0.5, 0.6) is 5.75 Å². The van der Waals surface area contributed by atoms with Crippen molar-refractivity contribution < 1.29 is 9.84 Å². The molecule has 2 nitrogen and oxygen atoms in total. The van der Waals surface area contributed by atoms with E-state index < -0.39 is 6.10 Å². The highest BCUT2D eigenvalue weighted by Crippen LogP contribution is 2.36. The van der Waals surface area contributed by atoms with E-state index in [-0.39, 0.29) is 0 Å². The van der Waals surface area contributed by atoms with Crippen molar-refractivity contribution in [2.75, 3.05) is 7.11 Å². The minimum atomic E-state index is -0.607. The molecule has 0 aliphatic carbocycles. The van der Waals surface area contributed by atoms with E-state index in [1.54, 1.807) is 7.11 Å². The first-order valence-electron chi connectivity index (χ1n) is 5.50. The van der Waals surface area contributed by atoms with E-state index in [1.165, 1.54) is 16.9 Å². The van der Waals surface area contributed by atoms with Crippen molar-refractivity contribution in [2.45, 2.75) is 20.0 Å². The molecule has 0 fully saturated rings. The summed E-state index contributed by atoms with van der Waals surface area (Å²) in [6.45, 7) is 4.09. The summed E-state index contributed by atoms with van der Waals surface area (Å²) in [7, 11) is 1.63. The van der Waals surface area contributed by atoms with Crippen molar-refractivity contribution >= 4 is 11.3 Å². The molecule has 0 aliphatic rings. The van der Waals surface area contributed by atoms with E-state index in [0.717, 1.165) is 21.8 Å². The maximum atomic E-state index is 10.4. The molecule has 1 atom stereocenters. The monoisotopic (exact) mass is 248 g/mol. The van der Waals surface area contributed by atoms with Crippen molar-refractivity contribution in [3.8, 4) is 5.75 Å². The first kappa shape index (κ1) is 12.1. The van der Waals surface area contributed by atoms with Gasteiger partial charge in [-0.2, -0.15) is 0 Å². The molecule has 90 valence electrons. The largest absolute Gasteiger partial charge is 0.495 e. The summed E-state index contributed by atoms with van der Waals surface area (Å²) in [6, 6.07) is 7.87. The van der Waals surface area contributed by atoms with Gasteiger partial charge in [0.1, 0.15) is 11.9 Å². The zero-order valence-electron chi connectivity index (χ0n) is 10.2. The fourth-order valence-electron chi connectivity index (χ4n) is 1.89. The molecule has 0 aliphatic heterocycles. The minimum Gasteiger partial charge on any atom is -0.495 e. The normalized spacial score (nSPS) is 12.5. The highest BCUT2D eigenvalue weighted by molar-refractivity contribution is 7.10. The number of methoxy groups -OCH3 is 1. The number of rotatable bonds is 3. The lowest BCUT2D eigenvalue weighted by Gasteiger charge is -2.15. The third-order valence-corrected chi connectivity index (χ3v) is 4.02. The summed E-state index contributed by atoms with van der Waals surface area (Å²) in [5, 5.41) is 12.4. The van der Waals surface area contributed by atoms with Crippen LogP contribution in [0.4, 0.5) is 0 Å². The average Bonchev–Trinajstić information content (AvgIpc) is 2.80. The Balaban J connectivity index is 2.44. The van der Waals surface area contributed by atoms with Gasteiger partial charge in [-0.1, -0.05) is 18.2 Å². The molecule has 0 saturated carbocycles. The summed E-state index contributed by atoms with van der Waals surface area (Å²) < 4.78 is 5.25. The predicted octanol–water partition coefficient (Wildman–Crippen LogP) is 3.46. The van der Waals surface area contributed by atoms with Crippen LogP contribution in [0.1, 0.15) is 27.7 Å². The lowest BCUT2D eigenvalue weighted by Crippen LogP contribution is -2.02. The molecule has 0 radical (unpaired) electrons. The number of thiophene rings is 1. The highest BCUT2D eigenvalue weighted by atomic mass is 32.1. The van der Waals surface area contributed by atoms with Crippen LogP contribution in [0.2, 0.25) is 0 Å². The fraction of sp³-hybridized carbons (Fsp3) is 0.286. The fourth-order valence-corrected chi connectivity index (χ4v) is 2.75. The van der Waals surface area contributed by atoms with Crippen LogP contribution in [0.25, 0.3) is 0 Å². The van der Waals surface area contributed by atoms with E-state index in [9.17, 15) is 5.11 Å². The Morgan fingerprint density at radius 2 is 2.00 bits per heavy atom. The highest BCUT2D eigenvalue weighted by Gasteiger charge is 2.18. The number of aliphatic hydroxyl groups excluding tert-OH is 1. The number of benzene rings is 1. The van der Waals surface area contributed by atoms with Crippen molar-refractivity contribution in [3.63, 3.8) is 0 Å². The molecular weight excluding hydrogens is 232 g/mol. The van der Waals surface area contributed by atoms with E-state index in [4.69, 9.17) is 4.74 Å². The maximum absolute atomic E-state index is 10.4. The number of aryl methyl sites for hydroxylation is 1. The van der Waals surface area contributed by atoms with Gasteiger partial charge in [-0.05, 0) is 42.0 Å². The van der Waals surface area contributed by atoms with Crippen molar-refractivity contribution in [2.24, 2.45) is 0 Å². The van der Waals surface area contributed by atoms with Gasteiger partial charge >= 0.3 is 0 Å². The number of ether oxygens (including phenoxy) is 1. The third kappa shape index (κ3) is 2.21.